The van der Waals surface area contributed by atoms with Gasteiger partial charge < -0.3 is 5.32 Å². The van der Waals surface area contributed by atoms with Gasteiger partial charge >= 0.3 is 0 Å². The summed E-state index contributed by atoms with van der Waals surface area (Å²) in [5.74, 6) is 0.0285. The molecule has 86 valence electrons. The van der Waals surface area contributed by atoms with Gasteiger partial charge in [-0.25, -0.2) is 4.39 Å². The van der Waals surface area contributed by atoms with E-state index in [1.165, 1.54) is 6.92 Å². The van der Waals surface area contributed by atoms with Gasteiger partial charge in [0.2, 0.25) is 0 Å². The highest BCUT2D eigenvalue weighted by Gasteiger charge is 2.26. The quantitative estimate of drug-likeness (QED) is 0.794. The van der Waals surface area contributed by atoms with Crippen LogP contribution in [0.3, 0.4) is 0 Å². The molecule has 2 rings (SSSR count). The lowest BCUT2D eigenvalue weighted by molar-refractivity contribution is 0.101. The van der Waals surface area contributed by atoms with Crippen LogP contribution in [0, 0.1) is 5.92 Å². The maximum absolute atomic E-state index is 14.1. The number of alkyl halides is 1. The Morgan fingerprint density at radius 3 is 3.00 bits per heavy atom. The topological polar surface area (TPSA) is 29.1 Å². The molecule has 0 aliphatic carbocycles. The van der Waals surface area contributed by atoms with Crippen LogP contribution < -0.4 is 5.32 Å². The summed E-state index contributed by atoms with van der Waals surface area (Å²) in [7, 11) is 0. The number of hydrogen-bond donors (Lipinski definition) is 1. The van der Waals surface area contributed by atoms with E-state index >= 15 is 0 Å². The number of Topliss-reactive ketones (excluding diaryl/α,β-unsaturated/α-hetero) is 1. The third-order valence-corrected chi connectivity index (χ3v) is 3.12. The van der Waals surface area contributed by atoms with Crippen LogP contribution in [0.1, 0.15) is 35.4 Å². The van der Waals surface area contributed by atoms with Gasteiger partial charge in [0.1, 0.15) is 6.17 Å². The zero-order chi connectivity index (χ0) is 11.5. The second-order valence-corrected chi connectivity index (χ2v) is 4.34. The summed E-state index contributed by atoms with van der Waals surface area (Å²) >= 11 is 0. The molecule has 3 heteroatoms. The molecule has 1 aromatic rings. The fraction of sp³-hybridized carbons (Fsp3) is 0.462. The number of ketones is 1. The fourth-order valence-electron chi connectivity index (χ4n) is 2.13. The van der Waals surface area contributed by atoms with Crippen molar-refractivity contribution >= 4 is 5.78 Å². The summed E-state index contributed by atoms with van der Waals surface area (Å²) in [6.45, 7) is 3.12. The second kappa shape index (κ2) is 4.74. The molecule has 2 nitrogen and oxygen atoms in total. The summed E-state index contributed by atoms with van der Waals surface area (Å²) in [4.78, 5) is 11.2. The first-order valence-corrected chi connectivity index (χ1v) is 5.64. The highest BCUT2D eigenvalue weighted by Crippen LogP contribution is 2.30. The van der Waals surface area contributed by atoms with Crippen molar-refractivity contribution in [2.24, 2.45) is 5.92 Å². The minimum absolute atomic E-state index is 0.0152. The third-order valence-electron chi connectivity index (χ3n) is 3.12. The Morgan fingerprint density at radius 1 is 1.56 bits per heavy atom. The van der Waals surface area contributed by atoms with Crippen molar-refractivity contribution in [1.82, 2.24) is 5.32 Å². The molecule has 0 spiro atoms. The summed E-state index contributed by atoms with van der Waals surface area (Å²) < 4.78 is 14.1. The first-order chi connectivity index (χ1) is 7.68. The number of rotatable bonds is 3. The van der Waals surface area contributed by atoms with E-state index in [0.717, 1.165) is 19.5 Å². The molecule has 0 saturated carbocycles. The largest absolute Gasteiger partial charge is 0.316 e. The number of hydrogen-bond acceptors (Lipinski definition) is 2. The van der Waals surface area contributed by atoms with Gasteiger partial charge in [-0.2, -0.15) is 0 Å². The number of carbonyl (C=O) groups is 1. The molecule has 2 unspecified atom stereocenters. The number of nitrogens with one attached hydrogen (secondary N) is 1. The van der Waals surface area contributed by atoms with E-state index in [1.54, 1.807) is 24.3 Å². The van der Waals surface area contributed by atoms with Gasteiger partial charge in [-0.05, 0) is 31.5 Å². The molecular formula is C13H16FNO. The summed E-state index contributed by atoms with van der Waals surface area (Å²) in [6.07, 6.45) is -0.0971. The first-order valence-electron chi connectivity index (χ1n) is 5.64. The SMILES string of the molecule is CC(=O)c1cccc(C(F)C2CCNC2)c1. The van der Waals surface area contributed by atoms with E-state index in [-0.39, 0.29) is 11.7 Å². The average molecular weight is 221 g/mol. The molecule has 2 atom stereocenters. The number of benzene rings is 1. The zero-order valence-corrected chi connectivity index (χ0v) is 9.37. The maximum Gasteiger partial charge on any atom is 0.159 e. The lowest BCUT2D eigenvalue weighted by Crippen LogP contribution is -2.13. The van der Waals surface area contributed by atoms with Crippen LogP contribution >= 0.6 is 0 Å². The van der Waals surface area contributed by atoms with Crippen LogP contribution in [-0.2, 0) is 0 Å². The summed E-state index contributed by atoms with van der Waals surface area (Å²) in [5, 5.41) is 3.15. The summed E-state index contributed by atoms with van der Waals surface area (Å²) in [6, 6.07) is 6.91. The molecule has 1 aliphatic heterocycles. The van der Waals surface area contributed by atoms with Gasteiger partial charge in [0.15, 0.2) is 5.78 Å². The minimum Gasteiger partial charge on any atom is -0.316 e. The number of halogens is 1. The van der Waals surface area contributed by atoms with Crippen LogP contribution in [0.4, 0.5) is 4.39 Å². The Balaban J connectivity index is 2.18. The van der Waals surface area contributed by atoms with Gasteiger partial charge in [0.05, 0.1) is 0 Å². The van der Waals surface area contributed by atoms with E-state index in [0.29, 0.717) is 11.1 Å². The third kappa shape index (κ3) is 2.30. The van der Waals surface area contributed by atoms with Crippen LogP contribution in [-0.4, -0.2) is 18.9 Å². The molecule has 1 aromatic carbocycles. The van der Waals surface area contributed by atoms with E-state index in [2.05, 4.69) is 5.32 Å². The van der Waals surface area contributed by atoms with Crippen molar-refractivity contribution in [3.8, 4) is 0 Å². The highest BCUT2D eigenvalue weighted by atomic mass is 19.1. The lowest BCUT2D eigenvalue weighted by Gasteiger charge is -2.15. The van der Waals surface area contributed by atoms with Gasteiger partial charge in [-0.3, -0.25) is 4.79 Å². The Hall–Kier alpha value is -1.22. The van der Waals surface area contributed by atoms with Gasteiger partial charge in [0, 0.05) is 18.0 Å². The van der Waals surface area contributed by atoms with Crippen LogP contribution in [0.25, 0.3) is 0 Å². The van der Waals surface area contributed by atoms with Crippen molar-refractivity contribution in [3.63, 3.8) is 0 Å². The van der Waals surface area contributed by atoms with Crippen molar-refractivity contribution < 1.29 is 9.18 Å². The zero-order valence-electron chi connectivity index (χ0n) is 9.37. The highest BCUT2D eigenvalue weighted by molar-refractivity contribution is 5.94. The van der Waals surface area contributed by atoms with Crippen LogP contribution in [0.2, 0.25) is 0 Å². The molecule has 1 N–H and O–H groups in total. The molecule has 0 radical (unpaired) electrons. The Bertz CT molecular complexity index is 385. The van der Waals surface area contributed by atoms with Gasteiger partial charge in [-0.15, -0.1) is 0 Å². The Morgan fingerprint density at radius 2 is 2.38 bits per heavy atom. The van der Waals surface area contributed by atoms with Gasteiger partial charge in [0.25, 0.3) is 0 Å². The van der Waals surface area contributed by atoms with Gasteiger partial charge in [-0.1, -0.05) is 18.2 Å². The summed E-state index contributed by atoms with van der Waals surface area (Å²) in [5.41, 5.74) is 1.22. The predicted octanol–water partition coefficient (Wildman–Crippen LogP) is 2.51. The van der Waals surface area contributed by atoms with Crippen molar-refractivity contribution in [1.29, 1.82) is 0 Å². The molecule has 16 heavy (non-hydrogen) atoms. The van der Waals surface area contributed by atoms with E-state index in [1.807, 2.05) is 0 Å². The monoisotopic (exact) mass is 221 g/mol. The number of carbonyl (C=O) groups excluding carboxylic acids is 1. The molecule has 1 heterocycles. The van der Waals surface area contributed by atoms with E-state index in [9.17, 15) is 9.18 Å². The Kier molecular flexibility index (Phi) is 3.34. The molecule has 0 amide bonds. The Labute approximate surface area is 94.9 Å². The molecule has 0 aromatic heterocycles. The normalized spacial score (nSPS) is 22.0. The minimum atomic E-state index is -0.964. The standard InChI is InChI=1S/C13H16FNO/c1-9(16)10-3-2-4-11(7-10)13(14)12-5-6-15-8-12/h2-4,7,12-13,15H,5-6,8H2,1H3. The maximum atomic E-state index is 14.1. The molecular weight excluding hydrogens is 205 g/mol. The van der Waals surface area contributed by atoms with E-state index < -0.39 is 6.17 Å². The lowest BCUT2D eigenvalue weighted by atomic mass is 9.95. The fourth-order valence-corrected chi connectivity index (χ4v) is 2.13. The van der Waals surface area contributed by atoms with E-state index in [4.69, 9.17) is 0 Å². The van der Waals surface area contributed by atoms with Crippen LogP contribution in [0.15, 0.2) is 24.3 Å². The average Bonchev–Trinajstić information content (AvgIpc) is 2.81. The molecule has 1 saturated heterocycles. The van der Waals surface area contributed by atoms with Crippen LogP contribution in [0.5, 0.6) is 0 Å². The van der Waals surface area contributed by atoms with Crippen molar-refractivity contribution in [2.45, 2.75) is 19.5 Å². The predicted molar refractivity (Wildman–Crippen MR) is 61.3 cm³/mol. The molecule has 1 fully saturated rings. The second-order valence-electron chi connectivity index (χ2n) is 4.34. The molecule has 1 aliphatic rings. The smallest absolute Gasteiger partial charge is 0.159 e. The van der Waals surface area contributed by atoms with Crippen molar-refractivity contribution in [2.75, 3.05) is 13.1 Å². The first kappa shape index (κ1) is 11.3. The molecule has 0 bridgehead atoms. The van der Waals surface area contributed by atoms with Crippen molar-refractivity contribution in [3.05, 3.63) is 35.4 Å².